The number of para-hydroxylation sites is 6. The molecule has 0 unspecified atom stereocenters. The molecule has 0 amide bonds. The highest BCUT2D eigenvalue weighted by molar-refractivity contribution is 6.15. The molecule has 0 radical (unpaired) electrons. The van der Waals surface area contributed by atoms with E-state index >= 15 is 0 Å². The number of ether oxygens (including phenoxy) is 3. The van der Waals surface area contributed by atoms with E-state index in [2.05, 4.69) is 511 Å². The van der Waals surface area contributed by atoms with Crippen LogP contribution in [0, 0.1) is 0 Å². The van der Waals surface area contributed by atoms with E-state index in [0.29, 0.717) is 0 Å². The summed E-state index contributed by atoms with van der Waals surface area (Å²) >= 11 is 0. The van der Waals surface area contributed by atoms with Crippen molar-refractivity contribution in [1.82, 2.24) is 24.6 Å². The van der Waals surface area contributed by atoms with Gasteiger partial charge < -0.3 is 14.2 Å². The normalized spacial score (nSPS) is 13.5. The molecule has 6 aliphatic rings. The first kappa shape index (κ1) is 81.4. The van der Waals surface area contributed by atoms with Crippen molar-refractivity contribution in [3.05, 3.63) is 570 Å². The molecule has 3 aliphatic carbocycles. The van der Waals surface area contributed by atoms with Gasteiger partial charge in [0.05, 0.1) is 49.7 Å². The number of pyridine rings is 2. The Bertz CT molecular complexity index is 9450. The van der Waals surface area contributed by atoms with E-state index in [9.17, 15) is 0 Å². The largest absolute Gasteiger partial charge is 0.457 e. The molecule has 7 heterocycles. The fourth-order valence-corrected chi connectivity index (χ4v) is 24.6. The third kappa shape index (κ3) is 12.3. The van der Waals surface area contributed by atoms with Gasteiger partial charge in [0.15, 0.2) is 0 Å². The topological polar surface area (TPSA) is 83.7 Å². The van der Waals surface area contributed by atoms with Crippen LogP contribution in [-0.2, 0) is 16.2 Å². The van der Waals surface area contributed by atoms with Gasteiger partial charge in [0.25, 0.3) is 0 Å². The van der Waals surface area contributed by atoms with Crippen LogP contribution in [0.2, 0.25) is 0 Å². The molecule has 3 spiro atoms. The van der Waals surface area contributed by atoms with Crippen LogP contribution in [0.3, 0.4) is 0 Å². The Morgan fingerprint density at radius 1 is 0.189 bits per heavy atom. The molecule has 0 atom stereocenters. The molecule has 4 aromatic heterocycles. The monoisotopic (exact) mass is 1820 g/mol. The Morgan fingerprint density at radius 3 is 0.986 bits per heavy atom. The fourth-order valence-electron chi connectivity index (χ4n) is 24.6. The number of rotatable bonds is 7. The Kier molecular flexibility index (Phi) is 18.3. The minimum Gasteiger partial charge on any atom is -0.457 e. The lowest BCUT2D eigenvalue weighted by Gasteiger charge is -2.39. The van der Waals surface area contributed by atoms with Crippen LogP contribution in [0.15, 0.2) is 504 Å². The predicted molar refractivity (Wildman–Crippen MR) is 579 cm³/mol. The lowest BCUT2D eigenvalue weighted by molar-refractivity contribution is 0.436. The third-order valence-electron chi connectivity index (χ3n) is 30.8. The molecular weight excluding hydrogens is 1740 g/mol. The molecule has 25 aromatic rings. The maximum absolute atomic E-state index is 6.77. The zero-order valence-electron chi connectivity index (χ0n) is 77.4. The summed E-state index contributed by atoms with van der Waals surface area (Å²) in [4.78, 5) is 9.74. The van der Waals surface area contributed by atoms with Gasteiger partial charge in [0.1, 0.15) is 40.1 Å². The lowest BCUT2D eigenvalue weighted by atomic mass is 9.66. The number of benzene rings is 21. The first-order chi connectivity index (χ1) is 70.9. The quantitative estimate of drug-likeness (QED) is 0.147. The zero-order valence-corrected chi connectivity index (χ0v) is 77.4. The molecule has 0 fully saturated rings. The van der Waals surface area contributed by atoms with Crippen LogP contribution in [-0.4, -0.2) is 24.6 Å². The van der Waals surface area contributed by atoms with Crippen molar-refractivity contribution < 1.29 is 14.2 Å². The molecule has 21 aromatic carbocycles. The van der Waals surface area contributed by atoms with Crippen LogP contribution in [0.5, 0.6) is 34.5 Å². The van der Waals surface area contributed by atoms with E-state index in [1.165, 1.54) is 133 Å². The van der Waals surface area contributed by atoms with Crippen molar-refractivity contribution in [2.24, 2.45) is 0 Å². The van der Waals surface area contributed by atoms with E-state index in [1.807, 2.05) is 12.3 Å². The van der Waals surface area contributed by atoms with Crippen LogP contribution in [0.4, 0.5) is 0 Å². The van der Waals surface area contributed by atoms with Crippen molar-refractivity contribution >= 4 is 60.0 Å². The van der Waals surface area contributed by atoms with E-state index < -0.39 is 16.2 Å². The average molecular weight is 1820 g/mol. The van der Waals surface area contributed by atoms with Gasteiger partial charge in [-0.25, -0.2) is 4.98 Å². The van der Waals surface area contributed by atoms with Gasteiger partial charge in [0, 0.05) is 72.4 Å². The maximum Gasteiger partial charge on any atom is 0.146 e. The highest BCUT2D eigenvalue weighted by Crippen LogP contribution is 2.67. The van der Waals surface area contributed by atoms with Gasteiger partial charge in [-0.05, 0) is 206 Å². The second-order valence-corrected chi connectivity index (χ2v) is 37.9. The van der Waals surface area contributed by atoms with Crippen molar-refractivity contribution in [3.63, 3.8) is 0 Å². The van der Waals surface area contributed by atoms with Crippen LogP contribution < -0.4 is 14.2 Å². The maximum atomic E-state index is 6.77. The SMILES string of the molecule is c1ccc2c(c1)Oc1cc(-c3ccc(-c4ccc(-c5cccc6ccccc56)nn4)cc3)ccc1C21c2ccccc2-c2ccccc21.c1ccc2c(c1)Oc1cc(-c3ccc(-c4ccc5c6ccccc6c6nc7ccccc7n6c5c4)cc3)ccc1C21c2ccccc2-c2ccccc21.c1ccc2c(c1)Oc1cc(-c3ccc(-c4cccc5cccnc45)cc3)ccc1C21c2ccccc2-c2ccccc21. The molecule has 0 saturated heterocycles. The smallest absolute Gasteiger partial charge is 0.146 e. The van der Waals surface area contributed by atoms with Crippen molar-refractivity contribution in [2.45, 2.75) is 16.2 Å². The number of hydrogen-bond donors (Lipinski definition) is 0. The number of aromatic nitrogens is 5. The molecule has 8 heteroatoms. The average Bonchev–Trinajstić information content (AvgIpc) is 1.54. The first-order valence-electron chi connectivity index (χ1n) is 48.9. The summed E-state index contributed by atoms with van der Waals surface area (Å²) in [7, 11) is 0. The standard InChI is InChI=1S/C50H30N2O.C45H28N2O.C40H25NO/c1-2-14-39-35(11-1)38-27-25-33(29-46(38)52-45-19-9-8-18-44(45)51-49(39)52)31-21-23-32(24-22-31)34-26-28-43-48(30-34)53-47-20-10-7-17-42(47)50(43)40-15-5-3-12-36(40)37-13-4-6-16-41(37)50;1-2-12-33-30(10-1)11-9-15-36(33)42-27-26-41(46-47-42)31-22-20-29(21-23-31)32-24-25-40-44(28-32)48-43-19-8-7-18-39(43)45(40)37-16-5-3-13-34(37)35-14-4-6-17-38(35)45;1-3-14-33-31(11-1)32-12-2-4-15-34(32)40(33)35-16-5-6-17-37(35)42-38-25-29(22-23-36(38)40)26-18-20-27(21-19-26)30-13-7-9-28-10-8-24-41-39(28)30/h1-30H;1-28H;1-25H. The van der Waals surface area contributed by atoms with Gasteiger partial charge in [-0.2, -0.15) is 0 Å². The summed E-state index contributed by atoms with van der Waals surface area (Å²) in [5.74, 6) is 5.40. The van der Waals surface area contributed by atoms with Crippen LogP contribution >= 0.6 is 0 Å². The van der Waals surface area contributed by atoms with Gasteiger partial charge in [-0.1, -0.05) is 425 Å². The Hall–Kier alpha value is -18.8. The summed E-state index contributed by atoms with van der Waals surface area (Å²) in [6, 6.07) is 178. The molecule has 143 heavy (non-hydrogen) atoms. The number of fused-ring (bicyclic) bond motifs is 37. The second kappa shape index (κ2) is 32.2. The van der Waals surface area contributed by atoms with E-state index in [0.717, 1.165) is 140 Å². The van der Waals surface area contributed by atoms with Gasteiger partial charge in [-0.3, -0.25) is 9.38 Å². The highest BCUT2D eigenvalue weighted by atomic mass is 16.5. The van der Waals surface area contributed by atoms with Crippen LogP contribution in [0.25, 0.3) is 172 Å². The fraction of sp³-hybridized carbons (Fsp3) is 0.0222. The summed E-state index contributed by atoms with van der Waals surface area (Å²) in [5.41, 5.74) is 41.8. The molecule has 0 saturated carbocycles. The van der Waals surface area contributed by atoms with E-state index in [-0.39, 0.29) is 0 Å². The lowest BCUT2D eigenvalue weighted by Crippen LogP contribution is -2.32. The van der Waals surface area contributed by atoms with Crippen molar-refractivity contribution in [3.8, 4) is 146 Å². The van der Waals surface area contributed by atoms with E-state index in [4.69, 9.17) is 19.2 Å². The molecule has 31 rings (SSSR count). The van der Waals surface area contributed by atoms with Crippen molar-refractivity contribution in [2.75, 3.05) is 0 Å². The Balaban J connectivity index is 0.000000103. The third-order valence-corrected chi connectivity index (χ3v) is 30.8. The van der Waals surface area contributed by atoms with Crippen molar-refractivity contribution in [1.29, 1.82) is 0 Å². The van der Waals surface area contributed by atoms with Crippen LogP contribution in [0.1, 0.15) is 66.8 Å². The molecule has 3 aliphatic heterocycles. The van der Waals surface area contributed by atoms with Gasteiger partial charge in [-0.15, -0.1) is 10.2 Å². The minimum absolute atomic E-state index is 0.429. The number of imidazole rings is 1. The molecule has 8 nitrogen and oxygen atoms in total. The predicted octanol–water partition coefficient (Wildman–Crippen LogP) is 33.7. The molecular formula is C135H83N5O3. The molecule has 666 valence electrons. The number of hydrogen-bond acceptors (Lipinski definition) is 7. The molecule has 0 N–H and O–H groups in total. The minimum atomic E-state index is -0.451. The summed E-state index contributed by atoms with van der Waals surface area (Å²) in [6.07, 6.45) is 1.86. The zero-order chi connectivity index (χ0) is 94.0. The second-order valence-electron chi connectivity index (χ2n) is 37.9. The summed E-state index contributed by atoms with van der Waals surface area (Å²) in [6.45, 7) is 0. The summed E-state index contributed by atoms with van der Waals surface area (Å²) in [5, 5.41) is 16.4. The Labute approximate surface area is 825 Å². The first-order valence-corrected chi connectivity index (χ1v) is 48.9. The highest BCUT2D eigenvalue weighted by Gasteiger charge is 2.54. The van der Waals surface area contributed by atoms with E-state index in [1.54, 1.807) is 0 Å². The summed E-state index contributed by atoms with van der Waals surface area (Å²) < 4.78 is 22.5. The van der Waals surface area contributed by atoms with Gasteiger partial charge >= 0.3 is 0 Å². The number of nitrogens with zero attached hydrogens (tertiary/aromatic N) is 5. The van der Waals surface area contributed by atoms with Gasteiger partial charge in [0.2, 0.25) is 0 Å². The Morgan fingerprint density at radius 2 is 0.517 bits per heavy atom. The molecule has 0 bridgehead atoms.